The number of para-hydroxylation sites is 3. The molecular formula is C66H62N2. The second-order valence-corrected chi connectivity index (χ2v) is 23.1. The van der Waals surface area contributed by atoms with Gasteiger partial charge in [-0.2, -0.15) is 0 Å². The third kappa shape index (κ3) is 6.02. The SMILES string of the molecule is CC(C)(C)c1ccc(N2c3ccccc3C(C)(C)c3cc4c(cc32)C(C)(C)c2cc(/C=C/c3ccc5c(c3)C(C)(C)c3cc6c(cc3-5)C(C)(C)c3ccccc3N6c3ccccc3)ccc2-4)cc1. The molecular weight excluding hydrogens is 821 g/mol. The molecule has 0 saturated carbocycles. The summed E-state index contributed by atoms with van der Waals surface area (Å²) in [6, 6.07) is 62.5. The quantitative estimate of drug-likeness (QED) is 0.163. The largest absolute Gasteiger partial charge is 0.310 e. The number of nitrogens with zero attached hydrogens (tertiary/aromatic N) is 2. The van der Waals surface area contributed by atoms with Crippen molar-refractivity contribution < 1.29 is 0 Å². The molecule has 336 valence electrons. The van der Waals surface area contributed by atoms with E-state index < -0.39 is 0 Å². The van der Waals surface area contributed by atoms with Gasteiger partial charge in [0.1, 0.15) is 0 Å². The first-order valence-corrected chi connectivity index (χ1v) is 24.7. The van der Waals surface area contributed by atoms with Crippen molar-refractivity contribution in [1.82, 2.24) is 0 Å². The van der Waals surface area contributed by atoms with E-state index in [1.54, 1.807) is 0 Å². The predicted octanol–water partition coefficient (Wildman–Crippen LogP) is 18.0. The van der Waals surface area contributed by atoms with Gasteiger partial charge < -0.3 is 9.80 Å². The van der Waals surface area contributed by atoms with Crippen LogP contribution in [0.15, 0.2) is 164 Å². The third-order valence-corrected chi connectivity index (χ3v) is 16.6. The molecule has 68 heavy (non-hydrogen) atoms. The second kappa shape index (κ2) is 14.3. The van der Waals surface area contributed by atoms with Gasteiger partial charge in [-0.05, 0) is 150 Å². The summed E-state index contributed by atoms with van der Waals surface area (Å²) >= 11 is 0. The topological polar surface area (TPSA) is 6.48 Å². The number of benzene rings is 8. The summed E-state index contributed by atoms with van der Waals surface area (Å²) in [5.41, 5.74) is 27.1. The molecule has 0 aromatic heterocycles. The molecule has 0 saturated heterocycles. The van der Waals surface area contributed by atoms with Gasteiger partial charge in [-0.1, -0.05) is 191 Å². The van der Waals surface area contributed by atoms with Gasteiger partial charge >= 0.3 is 0 Å². The molecule has 2 heteroatoms. The molecule has 8 aromatic rings. The Balaban J connectivity index is 0.894. The Morgan fingerprint density at radius 1 is 0.324 bits per heavy atom. The van der Waals surface area contributed by atoms with E-state index in [9.17, 15) is 0 Å². The number of hydrogen-bond donors (Lipinski definition) is 0. The van der Waals surface area contributed by atoms with E-state index in [1.807, 2.05) is 0 Å². The zero-order valence-corrected chi connectivity index (χ0v) is 41.6. The van der Waals surface area contributed by atoms with Crippen molar-refractivity contribution in [3.8, 4) is 22.3 Å². The lowest BCUT2D eigenvalue weighted by Crippen LogP contribution is -2.31. The maximum Gasteiger partial charge on any atom is 0.0506 e. The highest BCUT2D eigenvalue weighted by Gasteiger charge is 2.44. The monoisotopic (exact) mass is 882 g/mol. The zero-order chi connectivity index (χ0) is 47.3. The average molecular weight is 883 g/mol. The number of fused-ring (bicyclic) bond motifs is 10. The van der Waals surface area contributed by atoms with Crippen LogP contribution in [0.1, 0.15) is 137 Å². The fraction of sp³-hybridized carbons (Fsp3) is 0.242. The lowest BCUT2D eigenvalue weighted by molar-refractivity contribution is 0.590. The molecule has 2 nitrogen and oxygen atoms in total. The molecule has 12 rings (SSSR count). The van der Waals surface area contributed by atoms with Gasteiger partial charge in [-0.3, -0.25) is 0 Å². The van der Waals surface area contributed by atoms with Crippen LogP contribution < -0.4 is 9.80 Å². The lowest BCUT2D eigenvalue weighted by Gasteiger charge is -2.43. The van der Waals surface area contributed by atoms with Crippen molar-refractivity contribution in [3.05, 3.63) is 225 Å². The minimum atomic E-state index is -0.180. The molecule has 0 atom stereocenters. The molecule has 0 radical (unpaired) electrons. The highest BCUT2D eigenvalue weighted by molar-refractivity contribution is 5.94. The first-order valence-electron chi connectivity index (χ1n) is 24.7. The fourth-order valence-corrected chi connectivity index (χ4v) is 12.5. The average Bonchev–Trinajstić information content (AvgIpc) is 3.68. The second-order valence-electron chi connectivity index (χ2n) is 23.1. The highest BCUT2D eigenvalue weighted by Crippen LogP contribution is 2.60. The Hall–Kier alpha value is -6.90. The third-order valence-electron chi connectivity index (χ3n) is 16.6. The summed E-state index contributed by atoms with van der Waals surface area (Å²) in [4.78, 5) is 5.00. The van der Waals surface area contributed by atoms with Crippen molar-refractivity contribution in [3.63, 3.8) is 0 Å². The number of anilines is 6. The summed E-state index contributed by atoms with van der Waals surface area (Å²) in [5.74, 6) is 0. The minimum Gasteiger partial charge on any atom is -0.310 e. The fourth-order valence-electron chi connectivity index (χ4n) is 12.5. The Morgan fingerprint density at radius 2 is 0.706 bits per heavy atom. The van der Waals surface area contributed by atoms with Crippen molar-refractivity contribution >= 4 is 46.3 Å². The molecule has 0 unspecified atom stereocenters. The maximum atomic E-state index is 2.53. The molecule has 0 N–H and O–H groups in total. The van der Waals surface area contributed by atoms with Gasteiger partial charge in [0.25, 0.3) is 0 Å². The minimum absolute atomic E-state index is 0.0896. The van der Waals surface area contributed by atoms with E-state index in [2.05, 4.69) is 262 Å². The van der Waals surface area contributed by atoms with Crippen LogP contribution in [-0.2, 0) is 27.1 Å². The Kier molecular flexibility index (Phi) is 8.94. The van der Waals surface area contributed by atoms with E-state index in [0.717, 1.165) is 0 Å². The summed E-state index contributed by atoms with van der Waals surface area (Å²) in [6.07, 6.45) is 4.64. The first-order chi connectivity index (χ1) is 32.4. The normalized spacial score (nSPS) is 17.1. The van der Waals surface area contributed by atoms with Crippen LogP contribution in [0.5, 0.6) is 0 Å². The first kappa shape index (κ1) is 42.5. The van der Waals surface area contributed by atoms with Crippen LogP contribution in [0.25, 0.3) is 34.4 Å². The van der Waals surface area contributed by atoms with Crippen LogP contribution in [-0.4, -0.2) is 0 Å². The van der Waals surface area contributed by atoms with Crippen molar-refractivity contribution in [1.29, 1.82) is 0 Å². The molecule has 4 aliphatic rings. The van der Waals surface area contributed by atoms with E-state index in [0.29, 0.717) is 0 Å². The van der Waals surface area contributed by atoms with Crippen LogP contribution >= 0.6 is 0 Å². The van der Waals surface area contributed by atoms with Gasteiger partial charge in [-0.25, -0.2) is 0 Å². The summed E-state index contributed by atoms with van der Waals surface area (Å²) in [5, 5.41) is 0. The van der Waals surface area contributed by atoms with Crippen LogP contribution in [0.4, 0.5) is 34.1 Å². The number of hydrogen-bond acceptors (Lipinski definition) is 2. The number of rotatable bonds is 4. The van der Waals surface area contributed by atoms with Crippen LogP contribution in [0.2, 0.25) is 0 Å². The molecule has 8 aromatic carbocycles. The van der Waals surface area contributed by atoms with Crippen molar-refractivity contribution in [2.75, 3.05) is 9.80 Å². The smallest absolute Gasteiger partial charge is 0.0506 e. The Bertz CT molecular complexity index is 3420. The Labute approximate surface area is 404 Å². The molecule has 2 aliphatic carbocycles. The van der Waals surface area contributed by atoms with E-state index in [-0.39, 0.29) is 27.1 Å². The van der Waals surface area contributed by atoms with E-state index in [4.69, 9.17) is 0 Å². The van der Waals surface area contributed by atoms with Gasteiger partial charge in [0.15, 0.2) is 0 Å². The standard InChI is InChI=1S/C66H62N2/c1-62(2,3)43-29-31-45(32-30-43)68-59-24-18-16-22-51(59)64(6,7)57-38-49-47-34-28-42(36-53(47)66(10,11)55(49)40-61(57)68)26-25-41-27-33-46-48-37-56-60(39-54(48)65(8,9)52(46)35-41)67(44-19-13-12-14-20-44)58-23-17-15-21-50(58)63(56,4)5/h12-40H,1-11H3/b26-25+. The van der Waals surface area contributed by atoms with E-state index >= 15 is 0 Å². The molecule has 2 aliphatic heterocycles. The summed E-state index contributed by atoms with van der Waals surface area (Å²) < 4.78 is 0. The molecule has 0 bridgehead atoms. The molecule has 0 spiro atoms. The van der Waals surface area contributed by atoms with Gasteiger partial charge in [-0.15, -0.1) is 0 Å². The van der Waals surface area contributed by atoms with Crippen LogP contribution in [0, 0.1) is 0 Å². The van der Waals surface area contributed by atoms with Gasteiger partial charge in [0, 0.05) is 33.0 Å². The van der Waals surface area contributed by atoms with Crippen LogP contribution in [0.3, 0.4) is 0 Å². The molecule has 0 amide bonds. The maximum absolute atomic E-state index is 2.53. The van der Waals surface area contributed by atoms with Crippen molar-refractivity contribution in [2.24, 2.45) is 0 Å². The molecule has 0 fully saturated rings. The summed E-state index contributed by atoms with van der Waals surface area (Å²) in [7, 11) is 0. The Morgan fingerprint density at radius 3 is 1.15 bits per heavy atom. The zero-order valence-electron chi connectivity index (χ0n) is 41.6. The van der Waals surface area contributed by atoms with Crippen molar-refractivity contribution in [2.45, 2.75) is 103 Å². The lowest BCUT2D eigenvalue weighted by atomic mass is 9.71. The highest BCUT2D eigenvalue weighted by atomic mass is 15.2. The molecule has 2 heterocycles. The predicted molar refractivity (Wildman–Crippen MR) is 289 cm³/mol. The van der Waals surface area contributed by atoms with E-state index in [1.165, 1.54) is 118 Å². The van der Waals surface area contributed by atoms with Gasteiger partial charge in [0.05, 0.1) is 22.7 Å². The van der Waals surface area contributed by atoms with Gasteiger partial charge in [0.2, 0.25) is 0 Å². The summed E-state index contributed by atoms with van der Waals surface area (Å²) in [6.45, 7) is 26.1.